The van der Waals surface area contributed by atoms with Gasteiger partial charge in [0, 0.05) is 10.6 Å². The van der Waals surface area contributed by atoms with Crippen molar-refractivity contribution in [2.24, 2.45) is 0 Å². The summed E-state index contributed by atoms with van der Waals surface area (Å²) in [6.45, 7) is 0.358. The summed E-state index contributed by atoms with van der Waals surface area (Å²) in [4.78, 5) is 10.8. The van der Waals surface area contributed by atoms with E-state index in [9.17, 15) is 4.79 Å². The maximum Gasteiger partial charge on any atom is 0.307 e. The summed E-state index contributed by atoms with van der Waals surface area (Å²) in [5.74, 6) is -0.288. The Morgan fingerprint density at radius 1 is 1.16 bits per heavy atom. The first-order valence-corrected chi connectivity index (χ1v) is 6.20. The van der Waals surface area contributed by atoms with E-state index in [1.54, 1.807) is 24.3 Å². The summed E-state index contributed by atoms with van der Waals surface area (Å²) in [6, 6.07) is 14.5. The van der Waals surface area contributed by atoms with E-state index in [2.05, 4.69) is 0 Å². The van der Waals surface area contributed by atoms with E-state index >= 15 is 0 Å². The third kappa shape index (κ3) is 4.00. The van der Waals surface area contributed by atoms with E-state index in [0.29, 0.717) is 22.9 Å². The van der Waals surface area contributed by atoms with Crippen molar-refractivity contribution in [2.75, 3.05) is 0 Å². The summed E-state index contributed by atoms with van der Waals surface area (Å²) >= 11 is 5.89. The Morgan fingerprint density at radius 2 is 1.95 bits per heavy atom. The van der Waals surface area contributed by atoms with Gasteiger partial charge in [0.05, 0.1) is 6.42 Å². The van der Waals surface area contributed by atoms with Gasteiger partial charge in [-0.3, -0.25) is 4.79 Å². The molecule has 0 fully saturated rings. The molecular formula is C15H13ClO3. The maximum absolute atomic E-state index is 10.8. The quantitative estimate of drug-likeness (QED) is 0.908. The molecule has 0 saturated carbocycles. The number of rotatable bonds is 5. The van der Waals surface area contributed by atoms with Crippen LogP contribution in [-0.2, 0) is 17.8 Å². The van der Waals surface area contributed by atoms with Crippen LogP contribution < -0.4 is 4.74 Å². The van der Waals surface area contributed by atoms with Gasteiger partial charge in [0.15, 0.2) is 0 Å². The molecule has 2 aromatic rings. The molecule has 1 N–H and O–H groups in total. The van der Waals surface area contributed by atoms with Gasteiger partial charge < -0.3 is 9.84 Å². The molecule has 0 saturated heterocycles. The van der Waals surface area contributed by atoms with Gasteiger partial charge in [-0.15, -0.1) is 0 Å². The average molecular weight is 277 g/mol. The number of hydrogen-bond acceptors (Lipinski definition) is 2. The largest absolute Gasteiger partial charge is 0.489 e. The zero-order valence-electron chi connectivity index (χ0n) is 10.2. The highest BCUT2D eigenvalue weighted by Crippen LogP contribution is 2.20. The molecule has 0 heterocycles. The fraction of sp³-hybridized carbons (Fsp3) is 0.133. The summed E-state index contributed by atoms with van der Waals surface area (Å²) in [5.41, 5.74) is 1.61. The summed E-state index contributed by atoms with van der Waals surface area (Å²) in [5, 5.41) is 9.49. The number of carboxylic acid groups (broad SMARTS) is 1. The fourth-order valence-corrected chi connectivity index (χ4v) is 1.95. The first-order chi connectivity index (χ1) is 9.15. The third-order valence-corrected chi connectivity index (χ3v) is 2.83. The Bertz CT molecular complexity index is 581. The summed E-state index contributed by atoms with van der Waals surface area (Å²) < 4.78 is 5.66. The smallest absolute Gasteiger partial charge is 0.307 e. The minimum atomic E-state index is -0.876. The van der Waals surface area contributed by atoms with Crippen LogP contribution in [0.1, 0.15) is 11.1 Å². The van der Waals surface area contributed by atoms with Crippen molar-refractivity contribution in [1.29, 1.82) is 0 Å². The fourth-order valence-electron chi connectivity index (χ4n) is 1.74. The molecule has 0 amide bonds. The van der Waals surface area contributed by atoms with Gasteiger partial charge in [-0.05, 0) is 23.8 Å². The van der Waals surface area contributed by atoms with Gasteiger partial charge in [-0.25, -0.2) is 0 Å². The van der Waals surface area contributed by atoms with Crippen molar-refractivity contribution in [3.63, 3.8) is 0 Å². The van der Waals surface area contributed by atoms with Crippen LogP contribution in [-0.4, -0.2) is 11.1 Å². The van der Waals surface area contributed by atoms with Crippen LogP contribution in [0.15, 0.2) is 48.5 Å². The van der Waals surface area contributed by atoms with Gasteiger partial charge in [0.2, 0.25) is 0 Å². The maximum atomic E-state index is 10.8. The molecule has 2 aromatic carbocycles. The molecule has 98 valence electrons. The van der Waals surface area contributed by atoms with E-state index < -0.39 is 5.97 Å². The molecule has 0 radical (unpaired) electrons. The number of aliphatic carboxylic acids is 1. The highest BCUT2D eigenvalue weighted by molar-refractivity contribution is 6.30. The average Bonchev–Trinajstić information content (AvgIpc) is 2.37. The number of para-hydroxylation sites is 1. The molecule has 0 atom stereocenters. The first-order valence-electron chi connectivity index (χ1n) is 5.82. The topological polar surface area (TPSA) is 46.5 Å². The molecule has 0 unspecified atom stereocenters. The lowest BCUT2D eigenvalue weighted by Gasteiger charge is -2.10. The standard InChI is InChI=1S/C15H13ClO3/c16-13-6-3-4-11(8-13)10-19-14-7-2-1-5-12(14)9-15(17)18/h1-8H,9-10H2,(H,17,18). The molecule has 4 heteroatoms. The van der Waals surface area contributed by atoms with Crippen LogP contribution in [0.2, 0.25) is 5.02 Å². The van der Waals surface area contributed by atoms with Crippen molar-refractivity contribution in [1.82, 2.24) is 0 Å². The Hall–Kier alpha value is -2.00. The molecule has 0 aliphatic heterocycles. The number of halogens is 1. The van der Waals surface area contributed by atoms with E-state index in [1.807, 2.05) is 24.3 Å². The Kier molecular flexibility index (Phi) is 4.42. The molecule has 2 rings (SSSR count). The molecule has 19 heavy (non-hydrogen) atoms. The van der Waals surface area contributed by atoms with Gasteiger partial charge in [-0.1, -0.05) is 41.9 Å². The van der Waals surface area contributed by atoms with Gasteiger partial charge >= 0.3 is 5.97 Å². The lowest BCUT2D eigenvalue weighted by Crippen LogP contribution is -2.04. The predicted octanol–water partition coefficient (Wildman–Crippen LogP) is 3.55. The number of carbonyl (C=O) groups is 1. The lowest BCUT2D eigenvalue weighted by molar-refractivity contribution is -0.136. The molecule has 0 bridgehead atoms. The van der Waals surface area contributed by atoms with Crippen LogP contribution in [0.3, 0.4) is 0 Å². The highest BCUT2D eigenvalue weighted by Gasteiger charge is 2.07. The van der Waals surface area contributed by atoms with Gasteiger partial charge in [0.1, 0.15) is 12.4 Å². The van der Waals surface area contributed by atoms with Crippen LogP contribution >= 0.6 is 11.6 Å². The zero-order valence-corrected chi connectivity index (χ0v) is 10.9. The van der Waals surface area contributed by atoms with Crippen LogP contribution in [0.25, 0.3) is 0 Å². The second kappa shape index (κ2) is 6.25. The van der Waals surface area contributed by atoms with Crippen molar-refractivity contribution >= 4 is 17.6 Å². The molecular weight excluding hydrogens is 264 g/mol. The second-order valence-corrected chi connectivity index (χ2v) is 4.53. The number of carboxylic acids is 1. The van der Waals surface area contributed by atoms with Crippen molar-refractivity contribution in [3.8, 4) is 5.75 Å². The zero-order chi connectivity index (χ0) is 13.7. The molecule has 0 aliphatic rings. The van der Waals surface area contributed by atoms with E-state index in [4.69, 9.17) is 21.4 Å². The second-order valence-electron chi connectivity index (χ2n) is 4.10. The number of benzene rings is 2. The van der Waals surface area contributed by atoms with Crippen molar-refractivity contribution in [3.05, 3.63) is 64.7 Å². The van der Waals surface area contributed by atoms with E-state index in [0.717, 1.165) is 5.56 Å². The highest BCUT2D eigenvalue weighted by atomic mass is 35.5. The predicted molar refractivity (Wildman–Crippen MR) is 73.6 cm³/mol. The Labute approximate surface area is 116 Å². The summed E-state index contributed by atoms with van der Waals surface area (Å²) in [6.07, 6.45) is -0.0499. The molecule has 0 aromatic heterocycles. The van der Waals surface area contributed by atoms with E-state index in [-0.39, 0.29) is 6.42 Å². The van der Waals surface area contributed by atoms with Gasteiger partial charge in [0.25, 0.3) is 0 Å². The number of hydrogen-bond donors (Lipinski definition) is 1. The van der Waals surface area contributed by atoms with Crippen LogP contribution in [0.5, 0.6) is 5.75 Å². The third-order valence-electron chi connectivity index (χ3n) is 2.60. The Morgan fingerprint density at radius 3 is 2.68 bits per heavy atom. The monoisotopic (exact) mass is 276 g/mol. The molecule has 0 spiro atoms. The minimum absolute atomic E-state index is 0.0499. The van der Waals surface area contributed by atoms with Crippen LogP contribution in [0, 0.1) is 0 Å². The van der Waals surface area contributed by atoms with Crippen LogP contribution in [0.4, 0.5) is 0 Å². The molecule has 0 aliphatic carbocycles. The van der Waals surface area contributed by atoms with Gasteiger partial charge in [-0.2, -0.15) is 0 Å². The normalized spacial score (nSPS) is 10.2. The Balaban J connectivity index is 2.09. The van der Waals surface area contributed by atoms with Crippen molar-refractivity contribution < 1.29 is 14.6 Å². The molecule has 3 nitrogen and oxygen atoms in total. The SMILES string of the molecule is O=C(O)Cc1ccccc1OCc1cccc(Cl)c1. The first kappa shape index (κ1) is 13.4. The van der Waals surface area contributed by atoms with E-state index in [1.165, 1.54) is 0 Å². The minimum Gasteiger partial charge on any atom is -0.489 e. The number of ether oxygens (including phenoxy) is 1. The summed E-state index contributed by atoms with van der Waals surface area (Å²) in [7, 11) is 0. The lowest BCUT2D eigenvalue weighted by atomic mass is 10.1. The van der Waals surface area contributed by atoms with Crippen molar-refractivity contribution in [2.45, 2.75) is 13.0 Å².